The number of hydrogen-bond acceptors (Lipinski definition) is 4. The Labute approximate surface area is 189 Å². The molecule has 4 atom stereocenters. The molecule has 4 rings (SSSR count). The van der Waals surface area contributed by atoms with Crippen LogP contribution in [0.3, 0.4) is 0 Å². The normalized spacial score (nSPS) is 31.8. The predicted octanol–water partition coefficient (Wildman–Crippen LogP) is 2.87. The second kappa shape index (κ2) is 11.1. The first-order valence-electron chi connectivity index (χ1n) is 13.1. The van der Waals surface area contributed by atoms with Crippen molar-refractivity contribution in [2.45, 2.75) is 89.6 Å². The number of nitrogens with one attached hydrogen (secondary N) is 1. The van der Waals surface area contributed by atoms with E-state index in [1.54, 1.807) is 6.92 Å². The van der Waals surface area contributed by atoms with Crippen LogP contribution in [0.2, 0.25) is 0 Å². The molecule has 31 heavy (non-hydrogen) atoms. The van der Waals surface area contributed by atoms with E-state index in [0.29, 0.717) is 30.3 Å². The first-order chi connectivity index (χ1) is 15.1. The van der Waals surface area contributed by atoms with Gasteiger partial charge in [0, 0.05) is 38.5 Å². The van der Waals surface area contributed by atoms with E-state index in [9.17, 15) is 9.59 Å². The summed E-state index contributed by atoms with van der Waals surface area (Å²) in [7, 11) is 0. The molecule has 1 N–H and O–H groups in total. The van der Waals surface area contributed by atoms with E-state index in [2.05, 4.69) is 20.0 Å². The van der Waals surface area contributed by atoms with Crippen molar-refractivity contribution in [3.8, 4) is 0 Å². The first-order valence-corrected chi connectivity index (χ1v) is 13.1. The monoisotopic (exact) mass is 432 g/mol. The summed E-state index contributed by atoms with van der Waals surface area (Å²) in [5.41, 5.74) is 0. The largest absolute Gasteiger partial charge is 0.356 e. The van der Waals surface area contributed by atoms with Gasteiger partial charge in [0.05, 0.1) is 0 Å². The second-order valence-electron chi connectivity index (χ2n) is 10.5. The lowest BCUT2D eigenvalue weighted by molar-refractivity contribution is -0.144. The highest BCUT2D eigenvalue weighted by Gasteiger charge is 2.48. The summed E-state index contributed by atoms with van der Waals surface area (Å²) in [6.45, 7) is 9.50. The molecule has 6 heteroatoms. The molecule has 0 unspecified atom stereocenters. The smallest absolute Gasteiger partial charge is 0.219 e. The molecule has 0 aromatic carbocycles. The predicted molar refractivity (Wildman–Crippen MR) is 124 cm³/mol. The van der Waals surface area contributed by atoms with Crippen LogP contribution in [0.15, 0.2) is 0 Å². The average Bonchev–Trinajstić information content (AvgIpc) is 2.79. The fourth-order valence-electron chi connectivity index (χ4n) is 7.00. The molecule has 0 aliphatic carbocycles. The summed E-state index contributed by atoms with van der Waals surface area (Å²) in [4.78, 5) is 32.3. The van der Waals surface area contributed by atoms with Crippen LogP contribution in [0.1, 0.15) is 77.6 Å². The summed E-state index contributed by atoms with van der Waals surface area (Å²) < 4.78 is 0. The molecule has 6 nitrogen and oxygen atoms in total. The Bertz CT molecular complexity index is 604. The number of carbonyl (C=O) groups is 2. The number of amides is 2. The molecule has 4 aliphatic heterocycles. The number of nitrogens with zero attached hydrogens (tertiary/aromatic N) is 3. The molecular formula is C25H44N4O2. The van der Waals surface area contributed by atoms with Crippen LogP contribution in [0.5, 0.6) is 0 Å². The Balaban J connectivity index is 1.21. The van der Waals surface area contributed by atoms with Gasteiger partial charge in [0.25, 0.3) is 0 Å². The van der Waals surface area contributed by atoms with Gasteiger partial charge in [0.2, 0.25) is 11.8 Å². The SMILES string of the molecule is CC(=O)N1C[C@@H]2CCCN3CCC[C@@H]([C@H]23)[C@H]1CCCC(=O)NCCCN1CCCCC1. The Morgan fingerprint density at radius 3 is 2.48 bits per heavy atom. The van der Waals surface area contributed by atoms with Gasteiger partial charge in [-0.15, -0.1) is 0 Å². The van der Waals surface area contributed by atoms with Gasteiger partial charge >= 0.3 is 0 Å². The van der Waals surface area contributed by atoms with Crippen molar-refractivity contribution in [3.05, 3.63) is 0 Å². The molecule has 0 aromatic heterocycles. The molecule has 176 valence electrons. The number of piperidine rings is 4. The fraction of sp³-hybridized carbons (Fsp3) is 0.920. The van der Waals surface area contributed by atoms with Crippen LogP contribution in [0.4, 0.5) is 0 Å². The maximum absolute atomic E-state index is 12.5. The summed E-state index contributed by atoms with van der Waals surface area (Å²) >= 11 is 0. The molecule has 0 spiro atoms. The van der Waals surface area contributed by atoms with Crippen LogP contribution >= 0.6 is 0 Å². The molecule has 4 heterocycles. The van der Waals surface area contributed by atoms with E-state index in [1.165, 1.54) is 71.1 Å². The van der Waals surface area contributed by atoms with Crippen LogP contribution in [0, 0.1) is 11.8 Å². The lowest BCUT2D eigenvalue weighted by Crippen LogP contribution is -2.65. The van der Waals surface area contributed by atoms with Crippen molar-refractivity contribution >= 4 is 11.8 Å². The third-order valence-electron chi connectivity index (χ3n) is 8.40. The van der Waals surface area contributed by atoms with Gasteiger partial charge in [-0.25, -0.2) is 0 Å². The molecular weight excluding hydrogens is 388 g/mol. The second-order valence-corrected chi connectivity index (χ2v) is 10.5. The zero-order chi connectivity index (χ0) is 21.6. The highest BCUT2D eigenvalue weighted by molar-refractivity contribution is 5.76. The molecule has 2 amide bonds. The quantitative estimate of drug-likeness (QED) is 0.599. The Morgan fingerprint density at radius 2 is 1.71 bits per heavy atom. The summed E-state index contributed by atoms with van der Waals surface area (Å²) in [5.74, 6) is 1.67. The topological polar surface area (TPSA) is 55.9 Å². The third-order valence-corrected chi connectivity index (χ3v) is 8.40. The van der Waals surface area contributed by atoms with Gasteiger partial charge in [-0.05, 0) is 102 Å². The molecule has 4 aliphatic rings. The maximum atomic E-state index is 12.5. The average molecular weight is 433 g/mol. The van der Waals surface area contributed by atoms with Crippen LogP contribution in [-0.2, 0) is 9.59 Å². The first kappa shape index (κ1) is 23.0. The van der Waals surface area contributed by atoms with Gasteiger partial charge in [-0.2, -0.15) is 0 Å². The summed E-state index contributed by atoms with van der Waals surface area (Å²) in [6, 6.07) is 0.998. The van der Waals surface area contributed by atoms with E-state index in [1.807, 2.05) is 0 Å². The molecule has 0 radical (unpaired) electrons. The van der Waals surface area contributed by atoms with Crippen molar-refractivity contribution in [1.29, 1.82) is 0 Å². The minimum Gasteiger partial charge on any atom is -0.356 e. The number of rotatable bonds is 8. The van der Waals surface area contributed by atoms with Crippen molar-refractivity contribution in [2.75, 3.05) is 45.8 Å². The zero-order valence-electron chi connectivity index (χ0n) is 19.7. The van der Waals surface area contributed by atoms with Crippen molar-refractivity contribution in [2.24, 2.45) is 11.8 Å². The van der Waals surface area contributed by atoms with Gasteiger partial charge in [0.1, 0.15) is 0 Å². The van der Waals surface area contributed by atoms with E-state index < -0.39 is 0 Å². The maximum Gasteiger partial charge on any atom is 0.219 e. The van der Waals surface area contributed by atoms with Crippen LogP contribution in [0.25, 0.3) is 0 Å². The van der Waals surface area contributed by atoms with E-state index in [4.69, 9.17) is 0 Å². The van der Waals surface area contributed by atoms with Gasteiger partial charge in [-0.1, -0.05) is 6.42 Å². The van der Waals surface area contributed by atoms with Crippen molar-refractivity contribution in [1.82, 2.24) is 20.0 Å². The molecule has 0 saturated carbocycles. The van der Waals surface area contributed by atoms with Gasteiger partial charge in [0.15, 0.2) is 0 Å². The van der Waals surface area contributed by atoms with E-state index in [-0.39, 0.29) is 11.8 Å². The minimum atomic E-state index is 0.185. The fourth-order valence-corrected chi connectivity index (χ4v) is 7.00. The van der Waals surface area contributed by atoms with Crippen LogP contribution < -0.4 is 5.32 Å². The Morgan fingerprint density at radius 1 is 0.935 bits per heavy atom. The third kappa shape index (κ3) is 5.81. The molecule has 0 aromatic rings. The molecule has 0 bridgehead atoms. The lowest BCUT2D eigenvalue weighted by atomic mass is 9.69. The zero-order valence-corrected chi connectivity index (χ0v) is 19.7. The van der Waals surface area contributed by atoms with Gasteiger partial charge in [-0.3, -0.25) is 14.5 Å². The number of carbonyl (C=O) groups excluding carboxylic acids is 2. The standard InChI is InChI=1S/C25H44N4O2/c1-20(30)29-19-21-9-6-17-28-18-7-10-22(25(21)28)23(29)11-5-12-24(31)26-13-8-16-27-14-3-2-4-15-27/h21-23,25H,2-19H2,1H3,(H,26,31)/t21-,22+,23+,25-/m0/s1. The summed E-state index contributed by atoms with van der Waals surface area (Å²) in [5, 5.41) is 3.13. The van der Waals surface area contributed by atoms with E-state index >= 15 is 0 Å². The Hall–Kier alpha value is -1.14. The number of likely N-dealkylation sites (tertiary alicyclic amines) is 2. The van der Waals surface area contributed by atoms with Crippen LogP contribution in [-0.4, -0.2) is 84.4 Å². The van der Waals surface area contributed by atoms with Gasteiger partial charge < -0.3 is 15.1 Å². The molecule has 4 saturated heterocycles. The lowest BCUT2D eigenvalue weighted by Gasteiger charge is -2.57. The number of hydrogen-bond donors (Lipinski definition) is 1. The minimum absolute atomic E-state index is 0.185. The van der Waals surface area contributed by atoms with Crippen molar-refractivity contribution in [3.63, 3.8) is 0 Å². The highest BCUT2D eigenvalue weighted by atomic mass is 16.2. The Kier molecular flexibility index (Phi) is 8.27. The van der Waals surface area contributed by atoms with Crippen molar-refractivity contribution < 1.29 is 9.59 Å². The highest BCUT2D eigenvalue weighted by Crippen LogP contribution is 2.43. The summed E-state index contributed by atoms with van der Waals surface area (Å²) in [6.07, 6.45) is 12.6. The van der Waals surface area contributed by atoms with E-state index in [0.717, 1.165) is 38.9 Å². The molecule has 4 fully saturated rings.